The van der Waals surface area contributed by atoms with E-state index in [0.29, 0.717) is 18.0 Å². The van der Waals surface area contributed by atoms with Gasteiger partial charge in [0.2, 0.25) is 5.65 Å². The van der Waals surface area contributed by atoms with Gasteiger partial charge in [0.15, 0.2) is 11.6 Å². The van der Waals surface area contributed by atoms with Crippen LogP contribution in [0.15, 0.2) is 18.7 Å². The number of aromatic nitrogens is 7. The third kappa shape index (κ3) is 2.01. The third-order valence-electron chi connectivity index (χ3n) is 2.95. The molecule has 3 rings (SSSR count). The minimum Gasteiger partial charge on any atom is -0.360 e. The maximum absolute atomic E-state index is 4.28. The first-order valence-corrected chi connectivity index (χ1v) is 6.06. The molecule has 19 heavy (non-hydrogen) atoms. The third-order valence-corrected chi connectivity index (χ3v) is 2.95. The van der Waals surface area contributed by atoms with Crippen LogP contribution >= 0.6 is 0 Å². The summed E-state index contributed by atoms with van der Waals surface area (Å²) in [5, 5.41) is 19.3. The van der Waals surface area contributed by atoms with E-state index < -0.39 is 0 Å². The van der Waals surface area contributed by atoms with Crippen molar-refractivity contribution in [3.63, 3.8) is 0 Å². The molecule has 0 amide bonds. The van der Waals surface area contributed by atoms with Gasteiger partial charge in [-0.05, 0) is 13.8 Å². The number of aryl methyl sites for hydroxylation is 2. The molecule has 3 heterocycles. The molecule has 0 bridgehead atoms. The molecule has 8 nitrogen and oxygen atoms in total. The quantitative estimate of drug-likeness (QED) is 0.739. The summed E-state index contributed by atoms with van der Waals surface area (Å²) < 4.78 is 3.86. The summed E-state index contributed by atoms with van der Waals surface area (Å²) in [5.41, 5.74) is 0.711. The van der Waals surface area contributed by atoms with Gasteiger partial charge in [0.05, 0.1) is 6.54 Å². The first-order chi connectivity index (χ1) is 9.29. The van der Waals surface area contributed by atoms with E-state index in [-0.39, 0.29) is 0 Å². The lowest BCUT2D eigenvalue weighted by molar-refractivity contribution is 0.707. The lowest BCUT2D eigenvalue weighted by Gasteiger charge is -2.06. The highest BCUT2D eigenvalue weighted by Crippen LogP contribution is 2.12. The first-order valence-electron chi connectivity index (χ1n) is 6.06. The van der Waals surface area contributed by atoms with Crippen molar-refractivity contribution in [1.29, 1.82) is 0 Å². The second-order valence-electron chi connectivity index (χ2n) is 4.10. The largest absolute Gasteiger partial charge is 0.360 e. The van der Waals surface area contributed by atoms with Crippen molar-refractivity contribution in [2.45, 2.75) is 26.9 Å². The van der Waals surface area contributed by atoms with Crippen molar-refractivity contribution < 1.29 is 0 Å². The molecule has 0 spiro atoms. The Morgan fingerprint density at radius 1 is 1.26 bits per heavy atom. The molecule has 0 radical (unpaired) electrons. The monoisotopic (exact) mass is 258 g/mol. The van der Waals surface area contributed by atoms with E-state index in [1.807, 2.05) is 29.0 Å². The van der Waals surface area contributed by atoms with Gasteiger partial charge in [-0.1, -0.05) is 0 Å². The van der Waals surface area contributed by atoms with Gasteiger partial charge in [0.1, 0.15) is 12.2 Å². The Morgan fingerprint density at radius 2 is 2.16 bits per heavy atom. The van der Waals surface area contributed by atoms with Gasteiger partial charge < -0.3 is 9.88 Å². The molecule has 0 fully saturated rings. The molecule has 3 aromatic heterocycles. The average Bonchev–Trinajstić information content (AvgIpc) is 3.03. The molecular formula is C11H14N8. The number of nitrogens with zero attached hydrogens (tertiary/aromatic N) is 7. The summed E-state index contributed by atoms with van der Waals surface area (Å²) in [7, 11) is 0. The van der Waals surface area contributed by atoms with Crippen molar-refractivity contribution in [1.82, 2.24) is 34.3 Å². The Kier molecular flexibility index (Phi) is 2.82. The number of hydrogen-bond donors (Lipinski definition) is 1. The topological polar surface area (TPSA) is 85.8 Å². The molecule has 0 saturated carbocycles. The molecule has 8 heteroatoms. The van der Waals surface area contributed by atoms with Gasteiger partial charge in [-0.3, -0.25) is 4.40 Å². The van der Waals surface area contributed by atoms with Gasteiger partial charge in [0, 0.05) is 18.9 Å². The minimum atomic E-state index is 0.548. The van der Waals surface area contributed by atoms with E-state index in [2.05, 4.69) is 30.7 Å². The molecular weight excluding hydrogens is 244 g/mol. The molecule has 0 unspecified atom stereocenters. The van der Waals surface area contributed by atoms with Crippen LogP contribution in [0.2, 0.25) is 0 Å². The highest BCUT2D eigenvalue weighted by molar-refractivity contribution is 5.61. The molecule has 1 N–H and O–H groups in total. The standard InChI is InChI=1S/C11H14N8/c1-3-18-7-14-16-9(18)6-13-10-11-17-15-8(2)19(11)5-4-12-10/h4-5,7H,3,6H2,1-2H3,(H,12,13). The molecule has 0 aliphatic rings. The number of rotatable bonds is 4. The van der Waals surface area contributed by atoms with Crippen LogP contribution in [0.25, 0.3) is 5.65 Å². The smallest absolute Gasteiger partial charge is 0.203 e. The van der Waals surface area contributed by atoms with E-state index in [0.717, 1.165) is 18.2 Å². The summed E-state index contributed by atoms with van der Waals surface area (Å²) >= 11 is 0. The fraction of sp³-hybridized carbons (Fsp3) is 0.364. The predicted octanol–water partition coefficient (Wildman–Crippen LogP) is 0.656. The summed E-state index contributed by atoms with van der Waals surface area (Å²) in [6.45, 7) is 5.34. The zero-order valence-electron chi connectivity index (χ0n) is 10.8. The minimum absolute atomic E-state index is 0.548. The van der Waals surface area contributed by atoms with Crippen LogP contribution in [-0.4, -0.2) is 34.3 Å². The lowest BCUT2D eigenvalue weighted by Crippen LogP contribution is -2.09. The van der Waals surface area contributed by atoms with Crippen molar-refractivity contribution in [2.24, 2.45) is 0 Å². The second kappa shape index (κ2) is 4.63. The normalized spacial score (nSPS) is 11.1. The number of hydrogen-bond acceptors (Lipinski definition) is 6. The molecule has 0 aliphatic carbocycles. The van der Waals surface area contributed by atoms with E-state index in [9.17, 15) is 0 Å². The van der Waals surface area contributed by atoms with Crippen LogP contribution in [0.1, 0.15) is 18.6 Å². The maximum Gasteiger partial charge on any atom is 0.203 e. The fourth-order valence-corrected chi connectivity index (χ4v) is 1.91. The molecule has 0 atom stereocenters. The van der Waals surface area contributed by atoms with Crippen molar-refractivity contribution in [2.75, 3.05) is 5.32 Å². The van der Waals surface area contributed by atoms with Crippen molar-refractivity contribution >= 4 is 11.5 Å². The molecule has 0 aromatic carbocycles. The Balaban J connectivity index is 1.86. The van der Waals surface area contributed by atoms with Crippen LogP contribution in [0.3, 0.4) is 0 Å². The number of nitrogens with one attached hydrogen (secondary N) is 1. The summed E-state index contributed by atoms with van der Waals surface area (Å²) in [6.07, 6.45) is 5.27. The second-order valence-corrected chi connectivity index (χ2v) is 4.10. The first kappa shape index (κ1) is 11.6. The Hall–Kier alpha value is -2.51. The molecule has 0 aliphatic heterocycles. The molecule has 0 saturated heterocycles. The van der Waals surface area contributed by atoms with Gasteiger partial charge in [-0.15, -0.1) is 20.4 Å². The van der Waals surface area contributed by atoms with E-state index in [4.69, 9.17) is 0 Å². The van der Waals surface area contributed by atoms with E-state index >= 15 is 0 Å². The van der Waals surface area contributed by atoms with Gasteiger partial charge >= 0.3 is 0 Å². The Morgan fingerprint density at radius 3 is 3.00 bits per heavy atom. The predicted molar refractivity (Wildman–Crippen MR) is 68.5 cm³/mol. The Bertz CT molecular complexity index is 698. The van der Waals surface area contributed by atoms with Crippen LogP contribution in [0.5, 0.6) is 0 Å². The van der Waals surface area contributed by atoms with E-state index in [1.54, 1.807) is 12.5 Å². The van der Waals surface area contributed by atoms with E-state index in [1.165, 1.54) is 0 Å². The number of anilines is 1. The zero-order valence-corrected chi connectivity index (χ0v) is 10.8. The van der Waals surface area contributed by atoms with Crippen LogP contribution in [0.4, 0.5) is 5.82 Å². The maximum atomic E-state index is 4.28. The summed E-state index contributed by atoms with van der Waals surface area (Å²) in [4.78, 5) is 4.28. The highest BCUT2D eigenvalue weighted by atomic mass is 15.3. The van der Waals surface area contributed by atoms with Crippen molar-refractivity contribution in [3.8, 4) is 0 Å². The summed E-state index contributed by atoms with van der Waals surface area (Å²) in [5.74, 6) is 2.38. The highest BCUT2D eigenvalue weighted by Gasteiger charge is 2.09. The van der Waals surface area contributed by atoms with Gasteiger partial charge in [0.25, 0.3) is 0 Å². The Labute approximate surface area is 109 Å². The van der Waals surface area contributed by atoms with Crippen molar-refractivity contribution in [3.05, 3.63) is 30.4 Å². The van der Waals surface area contributed by atoms with Crippen LogP contribution in [-0.2, 0) is 13.1 Å². The number of fused-ring (bicyclic) bond motifs is 1. The zero-order chi connectivity index (χ0) is 13.2. The van der Waals surface area contributed by atoms with Crippen LogP contribution in [0, 0.1) is 6.92 Å². The van der Waals surface area contributed by atoms with Gasteiger partial charge in [-0.25, -0.2) is 4.98 Å². The fourth-order valence-electron chi connectivity index (χ4n) is 1.91. The molecule has 3 aromatic rings. The summed E-state index contributed by atoms with van der Waals surface area (Å²) in [6, 6.07) is 0. The van der Waals surface area contributed by atoms with Gasteiger partial charge in [-0.2, -0.15) is 0 Å². The lowest BCUT2D eigenvalue weighted by atomic mass is 10.5. The molecule has 98 valence electrons. The van der Waals surface area contributed by atoms with Crippen LogP contribution < -0.4 is 5.32 Å². The average molecular weight is 258 g/mol. The SMILES string of the molecule is CCn1cnnc1CNc1nccn2c(C)nnc12.